The second-order valence-electron chi connectivity index (χ2n) is 3.85. The summed E-state index contributed by atoms with van der Waals surface area (Å²) in [4.78, 5) is 23.6. The number of carbonyl (C=O) groups excluding carboxylic acids is 2. The Kier molecular flexibility index (Phi) is 5.71. The van der Waals surface area contributed by atoms with E-state index in [0.717, 1.165) is 10.5 Å². The van der Waals surface area contributed by atoms with Gasteiger partial charge in [-0.15, -0.1) is 11.8 Å². The Hall–Kier alpha value is -1.49. The predicted molar refractivity (Wildman–Crippen MR) is 71.5 cm³/mol. The normalized spacial score (nSPS) is 11.7. The van der Waals surface area contributed by atoms with E-state index >= 15 is 0 Å². The molecule has 1 amide bonds. The molecule has 98 valence electrons. The van der Waals surface area contributed by atoms with E-state index in [-0.39, 0.29) is 5.91 Å². The number of carbonyl (C=O) groups is 2. The Bertz CT molecular complexity index is 434. The van der Waals surface area contributed by atoms with Crippen LogP contribution >= 0.6 is 11.8 Å². The molecular weight excluding hydrogens is 250 g/mol. The number of rotatable bonds is 5. The van der Waals surface area contributed by atoms with E-state index in [4.69, 9.17) is 0 Å². The zero-order valence-electron chi connectivity index (χ0n) is 10.7. The van der Waals surface area contributed by atoms with Gasteiger partial charge >= 0.3 is 5.97 Å². The summed E-state index contributed by atoms with van der Waals surface area (Å²) in [5, 5.41) is 2.59. The van der Waals surface area contributed by atoms with Crippen molar-refractivity contribution in [3.63, 3.8) is 0 Å². The smallest absolute Gasteiger partial charge is 0.329 e. The van der Waals surface area contributed by atoms with E-state index in [2.05, 4.69) is 10.1 Å². The molecule has 0 spiro atoms. The summed E-state index contributed by atoms with van der Waals surface area (Å²) in [5.74, 6) is -0.209. The molecule has 1 rings (SSSR count). The third-order valence-electron chi connectivity index (χ3n) is 2.36. The van der Waals surface area contributed by atoms with Crippen molar-refractivity contribution in [2.75, 3.05) is 12.9 Å². The fourth-order valence-electron chi connectivity index (χ4n) is 1.45. The summed E-state index contributed by atoms with van der Waals surface area (Å²) in [6.07, 6.45) is 0. The Morgan fingerprint density at radius 1 is 1.39 bits per heavy atom. The lowest BCUT2D eigenvalue weighted by Gasteiger charge is -2.15. The van der Waals surface area contributed by atoms with Gasteiger partial charge in [-0.05, 0) is 18.6 Å². The molecule has 0 aliphatic rings. The van der Waals surface area contributed by atoms with Crippen molar-refractivity contribution < 1.29 is 14.3 Å². The van der Waals surface area contributed by atoms with Gasteiger partial charge in [-0.2, -0.15) is 0 Å². The summed E-state index contributed by atoms with van der Waals surface area (Å²) in [5.41, 5.74) is 1.15. The van der Waals surface area contributed by atoms with Crippen LogP contribution in [0.25, 0.3) is 0 Å². The Balaban J connectivity index is 2.64. The van der Waals surface area contributed by atoms with E-state index in [1.165, 1.54) is 25.8 Å². The first-order chi connectivity index (χ1) is 8.54. The average Bonchev–Trinajstić information content (AvgIpc) is 2.34. The molecule has 0 bridgehead atoms. The van der Waals surface area contributed by atoms with Gasteiger partial charge in [-0.1, -0.05) is 18.2 Å². The Labute approximate surface area is 111 Å². The van der Waals surface area contributed by atoms with Crippen molar-refractivity contribution >= 4 is 23.6 Å². The molecule has 18 heavy (non-hydrogen) atoms. The summed E-state index contributed by atoms with van der Waals surface area (Å²) in [6, 6.07) is 7.29. The number of thioether (sulfide) groups is 1. The van der Waals surface area contributed by atoms with Crippen molar-refractivity contribution in [2.24, 2.45) is 0 Å². The number of methoxy groups -OCH3 is 1. The summed E-state index contributed by atoms with van der Waals surface area (Å²) in [7, 11) is 1.32. The van der Waals surface area contributed by atoms with Gasteiger partial charge < -0.3 is 10.1 Å². The topological polar surface area (TPSA) is 55.4 Å². The van der Waals surface area contributed by atoms with Crippen molar-refractivity contribution in [3.8, 4) is 0 Å². The first-order valence-electron chi connectivity index (χ1n) is 5.58. The van der Waals surface area contributed by atoms with Crippen molar-refractivity contribution in [1.29, 1.82) is 0 Å². The molecule has 1 aromatic rings. The second-order valence-corrected chi connectivity index (χ2v) is 4.91. The minimum Gasteiger partial charge on any atom is -0.467 e. The minimum atomic E-state index is -0.614. The van der Waals surface area contributed by atoms with Crippen LogP contribution in [0.5, 0.6) is 0 Å². The maximum atomic E-state index is 11.5. The molecule has 0 unspecified atom stereocenters. The van der Waals surface area contributed by atoms with Gasteiger partial charge in [0, 0.05) is 17.6 Å². The highest BCUT2D eigenvalue weighted by molar-refractivity contribution is 7.99. The van der Waals surface area contributed by atoms with E-state index in [9.17, 15) is 9.59 Å². The highest BCUT2D eigenvalue weighted by Gasteiger charge is 2.20. The number of hydrogen-bond acceptors (Lipinski definition) is 4. The molecule has 0 heterocycles. The number of benzene rings is 1. The van der Waals surface area contributed by atoms with Crippen LogP contribution in [0.1, 0.15) is 12.5 Å². The quantitative estimate of drug-likeness (QED) is 0.652. The van der Waals surface area contributed by atoms with Gasteiger partial charge in [0.25, 0.3) is 0 Å². The number of aryl methyl sites for hydroxylation is 1. The first-order valence-corrected chi connectivity index (χ1v) is 6.56. The van der Waals surface area contributed by atoms with Crippen LogP contribution in [0, 0.1) is 6.92 Å². The molecule has 0 saturated carbocycles. The largest absolute Gasteiger partial charge is 0.467 e. The fourth-order valence-corrected chi connectivity index (χ4v) is 2.48. The monoisotopic (exact) mass is 267 g/mol. The van der Waals surface area contributed by atoms with Gasteiger partial charge in [-0.25, -0.2) is 4.79 Å². The first kappa shape index (κ1) is 14.6. The fraction of sp³-hybridized carbons (Fsp3) is 0.385. The third-order valence-corrected chi connectivity index (χ3v) is 3.63. The van der Waals surface area contributed by atoms with Crippen molar-refractivity contribution in [2.45, 2.75) is 24.8 Å². The van der Waals surface area contributed by atoms with E-state index < -0.39 is 12.0 Å². The van der Waals surface area contributed by atoms with Crippen LogP contribution in [0.15, 0.2) is 29.2 Å². The molecule has 1 aromatic carbocycles. The summed E-state index contributed by atoms with van der Waals surface area (Å²) < 4.78 is 4.66. The second kappa shape index (κ2) is 7.06. The zero-order valence-corrected chi connectivity index (χ0v) is 11.5. The van der Waals surface area contributed by atoms with Crippen LogP contribution in [0.3, 0.4) is 0 Å². The molecular formula is C13H17NO3S. The molecule has 0 radical (unpaired) electrons. The number of ether oxygens (including phenoxy) is 1. The molecule has 4 nitrogen and oxygen atoms in total. The molecule has 1 N–H and O–H groups in total. The average molecular weight is 267 g/mol. The van der Waals surface area contributed by atoms with Crippen LogP contribution in [-0.2, 0) is 14.3 Å². The number of nitrogens with one attached hydrogen (secondary N) is 1. The lowest BCUT2D eigenvalue weighted by Crippen LogP contribution is -2.42. The predicted octanol–water partition coefficient (Wildman–Crippen LogP) is 1.76. The highest BCUT2D eigenvalue weighted by Crippen LogP contribution is 2.22. The maximum Gasteiger partial charge on any atom is 0.329 e. The van der Waals surface area contributed by atoms with Crippen molar-refractivity contribution in [3.05, 3.63) is 29.8 Å². The van der Waals surface area contributed by atoms with Crippen LogP contribution < -0.4 is 5.32 Å². The van der Waals surface area contributed by atoms with E-state index in [1.807, 2.05) is 31.2 Å². The standard InChI is InChI=1S/C13H17NO3S/c1-9-6-4-5-7-12(9)18-8-11(13(16)17-3)14-10(2)15/h4-7,11H,8H2,1-3H3,(H,14,15)/t11-/m0/s1. The molecule has 5 heteroatoms. The molecule has 0 aliphatic heterocycles. The maximum absolute atomic E-state index is 11.5. The van der Waals surface area contributed by atoms with Gasteiger partial charge in [0.2, 0.25) is 5.91 Å². The Morgan fingerprint density at radius 3 is 2.61 bits per heavy atom. The zero-order chi connectivity index (χ0) is 13.5. The molecule has 0 fully saturated rings. The van der Waals surface area contributed by atoms with Crippen LogP contribution in [-0.4, -0.2) is 30.8 Å². The van der Waals surface area contributed by atoms with Gasteiger partial charge in [-0.3, -0.25) is 4.79 Å². The number of amides is 1. The molecule has 0 aromatic heterocycles. The van der Waals surface area contributed by atoms with Gasteiger partial charge in [0.15, 0.2) is 0 Å². The lowest BCUT2D eigenvalue weighted by molar-refractivity contribution is -0.144. The molecule has 1 atom stereocenters. The lowest BCUT2D eigenvalue weighted by atomic mass is 10.2. The SMILES string of the molecule is COC(=O)[C@H](CSc1ccccc1C)NC(C)=O. The third kappa shape index (κ3) is 4.41. The highest BCUT2D eigenvalue weighted by atomic mass is 32.2. The minimum absolute atomic E-state index is 0.240. The number of hydrogen-bond donors (Lipinski definition) is 1. The Morgan fingerprint density at radius 2 is 2.06 bits per heavy atom. The van der Waals surface area contributed by atoms with Crippen LogP contribution in [0.2, 0.25) is 0 Å². The number of esters is 1. The van der Waals surface area contributed by atoms with E-state index in [1.54, 1.807) is 0 Å². The van der Waals surface area contributed by atoms with Gasteiger partial charge in [0.1, 0.15) is 6.04 Å². The van der Waals surface area contributed by atoms with Crippen molar-refractivity contribution in [1.82, 2.24) is 5.32 Å². The van der Waals surface area contributed by atoms with Gasteiger partial charge in [0.05, 0.1) is 7.11 Å². The van der Waals surface area contributed by atoms with Crippen LogP contribution in [0.4, 0.5) is 0 Å². The molecule has 0 aliphatic carbocycles. The molecule has 0 saturated heterocycles. The summed E-state index contributed by atoms with van der Waals surface area (Å²) in [6.45, 7) is 3.39. The summed E-state index contributed by atoms with van der Waals surface area (Å²) >= 11 is 1.53. The van der Waals surface area contributed by atoms with E-state index in [0.29, 0.717) is 5.75 Å².